The summed E-state index contributed by atoms with van der Waals surface area (Å²) in [5.41, 5.74) is 0. The molecule has 0 amide bonds. The molecule has 0 unspecified atom stereocenters. The number of halogens is 6. The first-order valence-electron chi connectivity index (χ1n) is 5.53. The van der Waals surface area contributed by atoms with Crippen molar-refractivity contribution < 1.29 is 9.47 Å². The van der Waals surface area contributed by atoms with Gasteiger partial charge in [-0.2, -0.15) is 0 Å². The summed E-state index contributed by atoms with van der Waals surface area (Å²) in [5.74, 6) is -0.487. The molecule has 0 aromatic heterocycles. The molecule has 1 saturated carbocycles. The minimum Gasteiger partial charge on any atom is -0.347 e. The van der Waals surface area contributed by atoms with E-state index in [0.717, 1.165) is 25.7 Å². The van der Waals surface area contributed by atoms with Gasteiger partial charge in [-0.15, -0.1) is 0 Å². The summed E-state index contributed by atoms with van der Waals surface area (Å²) < 4.78 is 11.2. The molecule has 0 aromatic rings. The first kappa shape index (κ1) is 18.8. The molecule has 1 aliphatic carbocycles. The molecule has 0 spiro atoms. The summed E-state index contributed by atoms with van der Waals surface area (Å²) in [6.07, 6.45) is 5.39. The molecule has 1 fully saturated rings. The zero-order valence-electron chi connectivity index (χ0n) is 9.53. The zero-order chi connectivity index (χ0) is 13.9. The van der Waals surface area contributed by atoms with Gasteiger partial charge in [0.1, 0.15) is 0 Å². The minimum absolute atomic E-state index is 0.394. The molecular weight excluding hydrogens is 632 g/mol. The Labute approximate surface area is 158 Å². The van der Waals surface area contributed by atoms with Crippen LogP contribution in [0.2, 0.25) is 0 Å². The van der Waals surface area contributed by atoms with Crippen LogP contribution >= 0.6 is 95.6 Å². The maximum atomic E-state index is 6.01. The highest BCUT2D eigenvalue weighted by Crippen LogP contribution is 2.41. The molecular formula is C10H14Br6O2. The van der Waals surface area contributed by atoms with E-state index in [4.69, 9.17) is 9.47 Å². The van der Waals surface area contributed by atoms with E-state index in [2.05, 4.69) is 95.6 Å². The van der Waals surface area contributed by atoms with E-state index in [-0.39, 0.29) is 0 Å². The molecule has 8 heteroatoms. The van der Waals surface area contributed by atoms with Crippen molar-refractivity contribution in [3.8, 4) is 0 Å². The summed E-state index contributed by atoms with van der Waals surface area (Å²) in [6.45, 7) is 0.958. The second-order valence-electron chi connectivity index (χ2n) is 4.28. The molecule has 2 nitrogen and oxygen atoms in total. The molecule has 0 radical (unpaired) electrons. The van der Waals surface area contributed by atoms with Crippen LogP contribution in [0.3, 0.4) is 0 Å². The number of alkyl halides is 6. The van der Waals surface area contributed by atoms with E-state index < -0.39 is 10.1 Å². The van der Waals surface area contributed by atoms with E-state index in [0.29, 0.717) is 13.2 Å². The van der Waals surface area contributed by atoms with Crippen molar-refractivity contribution >= 4 is 95.6 Å². The van der Waals surface area contributed by atoms with Crippen molar-refractivity contribution in [2.75, 3.05) is 13.2 Å². The van der Waals surface area contributed by atoms with E-state index in [1.54, 1.807) is 0 Å². The second kappa shape index (κ2) is 7.88. The van der Waals surface area contributed by atoms with Crippen LogP contribution in [0.15, 0.2) is 0 Å². The van der Waals surface area contributed by atoms with Gasteiger partial charge in [0.05, 0.1) is 13.2 Å². The van der Waals surface area contributed by atoms with Crippen LogP contribution in [0.4, 0.5) is 0 Å². The van der Waals surface area contributed by atoms with Gasteiger partial charge in [-0.1, -0.05) is 102 Å². The van der Waals surface area contributed by atoms with Crippen LogP contribution in [0.25, 0.3) is 0 Å². The zero-order valence-corrected chi connectivity index (χ0v) is 19.1. The lowest BCUT2D eigenvalue weighted by Gasteiger charge is -2.38. The van der Waals surface area contributed by atoms with Crippen molar-refractivity contribution in [3.05, 3.63) is 0 Å². The fourth-order valence-electron chi connectivity index (χ4n) is 1.85. The molecule has 1 aliphatic rings. The van der Waals surface area contributed by atoms with Gasteiger partial charge in [0, 0.05) is 12.8 Å². The van der Waals surface area contributed by atoms with Gasteiger partial charge in [0.15, 0.2) is 10.1 Å². The molecule has 0 bridgehead atoms. The van der Waals surface area contributed by atoms with E-state index in [1.807, 2.05) is 0 Å². The number of hydrogen-bond acceptors (Lipinski definition) is 2. The Bertz CT molecular complexity index is 234. The Kier molecular flexibility index (Phi) is 8.25. The van der Waals surface area contributed by atoms with Crippen molar-refractivity contribution in [2.24, 2.45) is 0 Å². The highest BCUT2D eigenvalue weighted by molar-refractivity contribution is 9.39. The third-order valence-corrected chi connectivity index (χ3v) is 3.99. The Balaban J connectivity index is 2.57. The van der Waals surface area contributed by atoms with E-state index >= 15 is 0 Å². The molecule has 0 N–H and O–H groups in total. The van der Waals surface area contributed by atoms with Crippen molar-refractivity contribution in [3.63, 3.8) is 0 Å². The first-order chi connectivity index (χ1) is 8.12. The van der Waals surface area contributed by atoms with Crippen LogP contribution in [0.1, 0.15) is 32.1 Å². The third kappa shape index (κ3) is 8.29. The van der Waals surface area contributed by atoms with Gasteiger partial charge in [-0.05, 0) is 12.8 Å². The van der Waals surface area contributed by atoms with E-state index in [9.17, 15) is 0 Å². The average molecular weight is 646 g/mol. The van der Waals surface area contributed by atoms with Crippen LogP contribution in [0.5, 0.6) is 0 Å². The molecule has 18 heavy (non-hydrogen) atoms. The Morgan fingerprint density at radius 3 is 1.44 bits per heavy atom. The summed E-state index contributed by atoms with van der Waals surface area (Å²) in [7, 11) is 0. The van der Waals surface area contributed by atoms with Gasteiger partial charge in [-0.25, -0.2) is 0 Å². The summed E-state index contributed by atoms with van der Waals surface area (Å²) in [4.78, 5) is 0. The lowest BCUT2D eigenvalue weighted by molar-refractivity contribution is -0.249. The average Bonchev–Trinajstić information content (AvgIpc) is 2.24. The largest absolute Gasteiger partial charge is 0.347 e. The predicted octanol–water partition coefficient (Wildman–Crippen LogP) is 6.36. The van der Waals surface area contributed by atoms with Crippen molar-refractivity contribution in [2.45, 2.75) is 42.2 Å². The number of rotatable bonds is 4. The Hall–Kier alpha value is 2.80. The van der Waals surface area contributed by atoms with Crippen LogP contribution in [0, 0.1) is 0 Å². The monoisotopic (exact) mass is 640 g/mol. The summed E-state index contributed by atoms with van der Waals surface area (Å²) in [5, 5.41) is 0. The van der Waals surface area contributed by atoms with E-state index in [1.165, 1.54) is 6.42 Å². The third-order valence-electron chi connectivity index (χ3n) is 2.61. The lowest BCUT2D eigenvalue weighted by Crippen LogP contribution is -2.41. The minimum atomic E-state index is -0.487. The van der Waals surface area contributed by atoms with Gasteiger partial charge >= 0.3 is 0 Å². The van der Waals surface area contributed by atoms with Crippen molar-refractivity contribution in [1.82, 2.24) is 0 Å². The molecule has 0 aromatic carbocycles. The predicted molar refractivity (Wildman–Crippen MR) is 96.7 cm³/mol. The fourth-order valence-corrected chi connectivity index (χ4v) is 2.53. The van der Waals surface area contributed by atoms with Crippen LogP contribution in [-0.2, 0) is 9.47 Å². The highest BCUT2D eigenvalue weighted by atomic mass is 80.0. The summed E-state index contributed by atoms with van der Waals surface area (Å²) >= 11 is 20.7. The standard InChI is InChI=1S/C10H14Br6O2/c11-9(12,13)6-17-8(4-2-1-3-5-8)18-7-10(14,15)16/h1-7H2. The number of hydrogen-bond donors (Lipinski definition) is 0. The molecule has 0 aliphatic heterocycles. The van der Waals surface area contributed by atoms with Gasteiger partial charge < -0.3 is 9.47 Å². The molecule has 0 atom stereocenters. The Morgan fingerprint density at radius 2 is 1.11 bits per heavy atom. The van der Waals surface area contributed by atoms with Gasteiger partial charge in [0.25, 0.3) is 0 Å². The molecule has 0 heterocycles. The molecule has 108 valence electrons. The second-order valence-corrected chi connectivity index (χ2v) is 18.8. The van der Waals surface area contributed by atoms with Gasteiger partial charge in [0.2, 0.25) is 0 Å². The lowest BCUT2D eigenvalue weighted by atomic mass is 9.94. The smallest absolute Gasteiger partial charge is 0.168 e. The number of ether oxygens (including phenoxy) is 2. The SMILES string of the molecule is BrC(Br)(Br)COC1(OCC(Br)(Br)Br)CCCCC1. The maximum Gasteiger partial charge on any atom is 0.168 e. The summed E-state index contributed by atoms with van der Waals surface area (Å²) in [6, 6.07) is 0. The van der Waals surface area contributed by atoms with Gasteiger partial charge in [-0.3, -0.25) is 0 Å². The Morgan fingerprint density at radius 1 is 0.722 bits per heavy atom. The highest BCUT2D eigenvalue weighted by Gasteiger charge is 2.38. The molecule has 1 rings (SSSR count). The van der Waals surface area contributed by atoms with Crippen LogP contribution < -0.4 is 0 Å². The quantitative estimate of drug-likeness (QED) is 0.262. The topological polar surface area (TPSA) is 18.5 Å². The molecule has 0 saturated heterocycles. The normalized spacial score (nSPS) is 21.0. The maximum absolute atomic E-state index is 6.01. The van der Waals surface area contributed by atoms with Crippen LogP contribution in [-0.4, -0.2) is 23.3 Å². The fraction of sp³-hybridized carbons (Fsp3) is 1.00. The first-order valence-corrected chi connectivity index (χ1v) is 10.3. The van der Waals surface area contributed by atoms with Crippen molar-refractivity contribution in [1.29, 1.82) is 0 Å².